The van der Waals surface area contributed by atoms with Gasteiger partial charge in [-0.05, 0) is 12.1 Å². The lowest BCUT2D eigenvalue weighted by Crippen LogP contribution is -2.20. The van der Waals surface area contributed by atoms with E-state index < -0.39 is 29.5 Å². The predicted octanol–water partition coefficient (Wildman–Crippen LogP) is 1.50. The van der Waals surface area contributed by atoms with Crippen LogP contribution in [-0.2, 0) is 4.79 Å². The molecule has 1 aromatic rings. The van der Waals surface area contributed by atoms with E-state index in [4.69, 9.17) is 10.2 Å². The zero-order valence-electron chi connectivity index (χ0n) is 7.48. The van der Waals surface area contributed by atoms with Gasteiger partial charge < -0.3 is 10.2 Å². The number of thioether (sulfide) groups is 1. The zero-order valence-corrected chi connectivity index (χ0v) is 8.30. The van der Waals surface area contributed by atoms with Crippen molar-refractivity contribution in [1.29, 1.82) is 0 Å². The van der Waals surface area contributed by atoms with E-state index in [0.29, 0.717) is 17.8 Å². The quantitative estimate of drug-likeness (QED) is 0.775. The summed E-state index contributed by atoms with van der Waals surface area (Å²) in [6, 6.07) is 2.83. The summed E-state index contributed by atoms with van der Waals surface area (Å²) in [5.41, 5.74) is 0. The van der Waals surface area contributed by atoms with E-state index in [1.165, 1.54) is 0 Å². The fourth-order valence-electron chi connectivity index (χ4n) is 0.890. The number of hydrogen-bond acceptors (Lipinski definition) is 3. The van der Waals surface area contributed by atoms with E-state index in [0.717, 1.165) is 12.1 Å². The van der Waals surface area contributed by atoms with Crippen LogP contribution in [0, 0.1) is 11.6 Å². The molecule has 0 fully saturated rings. The first-order chi connectivity index (χ1) is 7.04. The molecule has 0 aliphatic carbocycles. The van der Waals surface area contributed by atoms with Gasteiger partial charge in [0.15, 0.2) is 0 Å². The molecule has 0 amide bonds. The number of hydrogen-bond donors (Lipinski definition) is 2. The molecular formula is C9H8F2O3S. The molecule has 0 radical (unpaired) electrons. The Hall–Kier alpha value is -1.14. The fraction of sp³-hybridized carbons (Fsp3) is 0.222. The van der Waals surface area contributed by atoms with Crippen LogP contribution in [0.3, 0.4) is 0 Å². The Bertz CT molecular complexity index is 370. The Morgan fingerprint density at radius 1 is 1.47 bits per heavy atom. The first-order valence-corrected chi connectivity index (χ1v) is 4.88. The van der Waals surface area contributed by atoms with Gasteiger partial charge in [0.2, 0.25) is 0 Å². The molecule has 0 saturated heterocycles. The van der Waals surface area contributed by atoms with Crippen LogP contribution in [0.2, 0.25) is 0 Å². The third kappa shape index (κ3) is 3.17. The Labute approximate surface area is 88.7 Å². The molecule has 1 aromatic carbocycles. The molecule has 1 rings (SSSR count). The molecule has 15 heavy (non-hydrogen) atoms. The van der Waals surface area contributed by atoms with E-state index in [-0.39, 0.29) is 4.90 Å². The lowest BCUT2D eigenvalue weighted by atomic mass is 10.3. The first-order valence-electron chi connectivity index (χ1n) is 4.00. The second-order valence-corrected chi connectivity index (χ2v) is 3.95. The maximum absolute atomic E-state index is 13.1. The monoisotopic (exact) mass is 234 g/mol. The Morgan fingerprint density at radius 3 is 2.60 bits per heavy atom. The number of benzene rings is 1. The maximum atomic E-state index is 13.1. The van der Waals surface area contributed by atoms with Crippen LogP contribution >= 0.6 is 11.8 Å². The standard InChI is InChI=1S/C9H8F2O3S/c10-5-1-2-7(6(11)3-5)15-8(4-12)9(13)14/h1-3,8,12H,4H2,(H,13,14). The van der Waals surface area contributed by atoms with Gasteiger partial charge in [0.05, 0.1) is 6.61 Å². The van der Waals surface area contributed by atoms with Crippen molar-refractivity contribution < 1.29 is 23.8 Å². The van der Waals surface area contributed by atoms with Gasteiger partial charge in [-0.1, -0.05) is 0 Å². The lowest BCUT2D eigenvalue weighted by molar-refractivity contribution is -0.137. The molecule has 3 nitrogen and oxygen atoms in total. The largest absolute Gasteiger partial charge is 0.480 e. The van der Waals surface area contributed by atoms with Crippen molar-refractivity contribution >= 4 is 17.7 Å². The number of aliphatic hydroxyl groups is 1. The van der Waals surface area contributed by atoms with E-state index in [2.05, 4.69) is 0 Å². The third-order valence-corrected chi connectivity index (χ3v) is 2.82. The summed E-state index contributed by atoms with van der Waals surface area (Å²) in [6.45, 7) is -0.614. The normalized spacial score (nSPS) is 12.5. The Morgan fingerprint density at radius 2 is 2.13 bits per heavy atom. The summed E-state index contributed by atoms with van der Waals surface area (Å²) in [5.74, 6) is -2.81. The summed E-state index contributed by atoms with van der Waals surface area (Å²) in [6.07, 6.45) is 0. The second kappa shape index (κ2) is 5.09. The van der Waals surface area contributed by atoms with E-state index in [9.17, 15) is 13.6 Å². The van der Waals surface area contributed by atoms with Gasteiger partial charge in [0.25, 0.3) is 0 Å². The zero-order chi connectivity index (χ0) is 11.4. The van der Waals surface area contributed by atoms with Crippen molar-refractivity contribution in [3.8, 4) is 0 Å². The Balaban J connectivity index is 2.84. The molecular weight excluding hydrogens is 226 g/mol. The van der Waals surface area contributed by atoms with Crippen LogP contribution < -0.4 is 0 Å². The van der Waals surface area contributed by atoms with Crippen LogP contribution in [0.4, 0.5) is 8.78 Å². The van der Waals surface area contributed by atoms with Gasteiger partial charge in [-0.25, -0.2) is 8.78 Å². The van der Waals surface area contributed by atoms with E-state index in [1.807, 2.05) is 0 Å². The fourth-order valence-corrected chi connectivity index (χ4v) is 1.69. The van der Waals surface area contributed by atoms with Crippen LogP contribution in [0.5, 0.6) is 0 Å². The summed E-state index contributed by atoms with van der Waals surface area (Å²) < 4.78 is 25.6. The summed E-state index contributed by atoms with van der Waals surface area (Å²) in [5, 5.41) is 16.2. The van der Waals surface area contributed by atoms with E-state index >= 15 is 0 Å². The maximum Gasteiger partial charge on any atom is 0.319 e. The van der Waals surface area contributed by atoms with Crippen molar-refractivity contribution in [3.05, 3.63) is 29.8 Å². The van der Waals surface area contributed by atoms with Gasteiger partial charge in [-0.15, -0.1) is 11.8 Å². The average Bonchev–Trinajstić information content (AvgIpc) is 2.16. The van der Waals surface area contributed by atoms with Crippen molar-refractivity contribution in [2.45, 2.75) is 10.1 Å². The number of carboxylic acids is 1. The molecule has 0 aromatic heterocycles. The highest BCUT2D eigenvalue weighted by molar-refractivity contribution is 8.00. The highest BCUT2D eigenvalue weighted by Crippen LogP contribution is 2.26. The minimum Gasteiger partial charge on any atom is -0.480 e. The number of halogens is 2. The van der Waals surface area contributed by atoms with Crippen LogP contribution in [-0.4, -0.2) is 28.0 Å². The summed E-state index contributed by atoms with van der Waals surface area (Å²) in [4.78, 5) is 10.5. The van der Waals surface area contributed by atoms with Gasteiger partial charge >= 0.3 is 5.97 Å². The lowest BCUT2D eigenvalue weighted by Gasteiger charge is -2.08. The molecule has 2 N–H and O–H groups in total. The Kier molecular flexibility index (Phi) is 4.05. The number of aliphatic hydroxyl groups excluding tert-OH is 1. The molecule has 1 atom stereocenters. The molecule has 82 valence electrons. The van der Waals surface area contributed by atoms with Gasteiger partial charge in [-0.2, -0.15) is 0 Å². The van der Waals surface area contributed by atoms with Gasteiger partial charge in [0, 0.05) is 11.0 Å². The first kappa shape index (κ1) is 11.9. The molecule has 0 bridgehead atoms. The highest BCUT2D eigenvalue weighted by Gasteiger charge is 2.19. The molecule has 0 aliphatic rings. The van der Waals surface area contributed by atoms with Crippen LogP contribution in [0.1, 0.15) is 0 Å². The smallest absolute Gasteiger partial charge is 0.319 e. The third-order valence-electron chi connectivity index (χ3n) is 1.60. The number of carboxylic acid groups (broad SMARTS) is 1. The SMILES string of the molecule is O=C(O)C(CO)Sc1ccc(F)cc1F. The van der Waals surface area contributed by atoms with Crippen molar-refractivity contribution in [3.63, 3.8) is 0 Å². The summed E-state index contributed by atoms with van der Waals surface area (Å²) in [7, 11) is 0. The molecule has 0 heterocycles. The minimum atomic E-state index is -1.24. The summed E-state index contributed by atoms with van der Waals surface area (Å²) >= 11 is 0.641. The number of carbonyl (C=O) groups is 1. The van der Waals surface area contributed by atoms with Crippen molar-refractivity contribution in [2.75, 3.05) is 6.61 Å². The molecule has 0 spiro atoms. The molecule has 6 heteroatoms. The number of aliphatic carboxylic acids is 1. The highest BCUT2D eigenvalue weighted by atomic mass is 32.2. The van der Waals surface area contributed by atoms with E-state index in [1.54, 1.807) is 0 Å². The van der Waals surface area contributed by atoms with Gasteiger partial charge in [-0.3, -0.25) is 4.79 Å². The number of rotatable bonds is 4. The molecule has 1 unspecified atom stereocenters. The topological polar surface area (TPSA) is 57.5 Å². The van der Waals surface area contributed by atoms with Crippen molar-refractivity contribution in [1.82, 2.24) is 0 Å². The average molecular weight is 234 g/mol. The van der Waals surface area contributed by atoms with Crippen LogP contribution in [0.25, 0.3) is 0 Å². The minimum absolute atomic E-state index is 0.00199. The van der Waals surface area contributed by atoms with Crippen LogP contribution in [0.15, 0.2) is 23.1 Å². The molecule has 0 saturated carbocycles. The van der Waals surface area contributed by atoms with Gasteiger partial charge in [0.1, 0.15) is 16.9 Å². The van der Waals surface area contributed by atoms with Crippen molar-refractivity contribution in [2.24, 2.45) is 0 Å². The predicted molar refractivity (Wildman–Crippen MR) is 50.7 cm³/mol. The second-order valence-electron chi connectivity index (χ2n) is 2.70. The molecule has 0 aliphatic heterocycles.